The second kappa shape index (κ2) is 5.88. The summed E-state index contributed by atoms with van der Waals surface area (Å²) in [7, 11) is -2.93. The fourth-order valence-electron chi connectivity index (χ4n) is 4.99. The molecule has 1 aliphatic heterocycles. The minimum atomic E-state index is -2.93. The van der Waals surface area contributed by atoms with E-state index in [4.69, 9.17) is 0 Å². The topological polar surface area (TPSA) is 53.2 Å². The van der Waals surface area contributed by atoms with Crippen molar-refractivity contribution >= 4 is 20.7 Å². The van der Waals surface area contributed by atoms with Crippen LogP contribution in [-0.4, -0.2) is 49.4 Å². The largest absolute Gasteiger partial charge is 0.361 e. The average molecular weight is 346 g/mol. The highest BCUT2D eigenvalue weighted by molar-refractivity contribution is 7.90. The molecule has 4 rings (SSSR count). The number of sulfone groups is 1. The summed E-state index contributed by atoms with van der Waals surface area (Å²) in [6.45, 7) is 4.18. The normalized spacial score (nSPS) is 27.3. The van der Waals surface area contributed by atoms with Crippen molar-refractivity contribution in [2.75, 3.05) is 25.1 Å². The molecule has 0 radical (unpaired) electrons. The smallest absolute Gasteiger partial charge is 0.147 e. The second-order valence-electron chi connectivity index (χ2n) is 7.65. The third kappa shape index (κ3) is 2.78. The number of benzene rings is 1. The van der Waals surface area contributed by atoms with E-state index < -0.39 is 9.84 Å². The maximum Gasteiger partial charge on any atom is 0.147 e. The molecule has 4 nitrogen and oxygen atoms in total. The molecule has 2 heterocycles. The highest BCUT2D eigenvalue weighted by atomic mass is 32.2. The summed E-state index contributed by atoms with van der Waals surface area (Å²) in [5, 5.41) is 1.38. The first-order valence-corrected chi connectivity index (χ1v) is 11.0. The van der Waals surface area contributed by atoms with E-state index in [2.05, 4.69) is 41.2 Å². The predicted molar refractivity (Wildman–Crippen MR) is 98.2 cm³/mol. The predicted octanol–water partition coefficient (Wildman–Crippen LogP) is 2.95. The Balaban J connectivity index is 1.74. The van der Waals surface area contributed by atoms with E-state index in [9.17, 15) is 8.42 Å². The van der Waals surface area contributed by atoms with Crippen LogP contribution in [0.4, 0.5) is 0 Å². The van der Waals surface area contributed by atoms with Crippen molar-refractivity contribution in [3.63, 3.8) is 0 Å². The summed E-state index contributed by atoms with van der Waals surface area (Å²) >= 11 is 0. The average Bonchev–Trinajstić information content (AvgIpc) is 2.92. The molecule has 1 saturated heterocycles. The van der Waals surface area contributed by atoms with Crippen molar-refractivity contribution in [2.45, 2.75) is 38.1 Å². The van der Waals surface area contributed by atoms with Gasteiger partial charge < -0.3 is 4.98 Å². The van der Waals surface area contributed by atoms with E-state index >= 15 is 0 Å². The molecule has 2 aromatic rings. The number of aromatic amines is 1. The summed E-state index contributed by atoms with van der Waals surface area (Å²) in [6, 6.07) is 7.03. The van der Waals surface area contributed by atoms with Gasteiger partial charge in [-0.1, -0.05) is 19.1 Å². The number of fused-ring (bicyclic) bond motifs is 2. The Morgan fingerprint density at radius 3 is 2.92 bits per heavy atom. The van der Waals surface area contributed by atoms with Gasteiger partial charge in [-0.15, -0.1) is 0 Å². The lowest BCUT2D eigenvalue weighted by molar-refractivity contribution is 0.0920. The summed E-state index contributed by atoms with van der Waals surface area (Å²) in [4.78, 5) is 5.97. The number of hydrogen-bond donors (Lipinski definition) is 1. The Morgan fingerprint density at radius 1 is 1.33 bits per heavy atom. The maximum absolute atomic E-state index is 11.8. The van der Waals surface area contributed by atoms with Gasteiger partial charge in [-0.3, -0.25) is 4.90 Å². The van der Waals surface area contributed by atoms with Gasteiger partial charge in [-0.05, 0) is 48.9 Å². The molecule has 0 saturated carbocycles. The number of piperidine rings is 1. The van der Waals surface area contributed by atoms with Gasteiger partial charge >= 0.3 is 0 Å². The lowest BCUT2D eigenvalue weighted by Gasteiger charge is -2.47. The summed E-state index contributed by atoms with van der Waals surface area (Å²) in [5.41, 5.74) is 4.05. The van der Waals surface area contributed by atoms with Gasteiger partial charge in [-0.2, -0.15) is 0 Å². The van der Waals surface area contributed by atoms with E-state index in [1.807, 2.05) is 0 Å². The SMILES string of the molecule is CCCN1CC(CS(C)(=O)=O)C[C@H]2c3cccc4[nH]cc(c34)C[C@@H]21. The van der Waals surface area contributed by atoms with Crippen molar-refractivity contribution in [3.8, 4) is 0 Å². The first-order valence-electron chi connectivity index (χ1n) is 8.97. The van der Waals surface area contributed by atoms with Crippen molar-refractivity contribution in [1.29, 1.82) is 0 Å². The van der Waals surface area contributed by atoms with E-state index in [0.717, 1.165) is 32.4 Å². The van der Waals surface area contributed by atoms with Crippen molar-refractivity contribution in [2.24, 2.45) is 5.92 Å². The van der Waals surface area contributed by atoms with Gasteiger partial charge in [0.25, 0.3) is 0 Å². The monoisotopic (exact) mass is 346 g/mol. The number of nitrogens with one attached hydrogen (secondary N) is 1. The number of H-pyrrole nitrogens is 1. The second-order valence-corrected chi connectivity index (χ2v) is 9.84. The van der Waals surface area contributed by atoms with E-state index in [1.165, 1.54) is 28.3 Å². The minimum Gasteiger partial charge on any atom is -0.361 e. The van der Waals surface area contributed by atoms with Crippen LogP contribution in [0.25, 0.3) is 10.9 Å². The third-order valence-electron chi connectivity index (χ3n) is 5.71. The van der Waals surface area contributed by atoms with Gasteiger partial charge in [0.15, 0.2) is 0 Å². The summed E-state index contributed by atoms with van der Waals surface area (Å²) in [6.07, 6.45) is 6.71. The number of hydrogen-bond acceptors (Lipinski definition) is 3. The zero-order valence-electron chi connectivity index (χ0n) is 14.5. The molecular formula is C19H26N2O2S. The first-order chi connectivity index (χ1) is 11.5. The molecule has 0 spiro atoms. The molecule has 3 atom stereocenters. The minimum absolute atomic E-state index is 0.239. The molecule has 1 unspecified atom stereocenters. The Morgan fingerprint density at radius 2 is 2.17 bits per heavy atom. The Kier molecular flexibility index (Phi) is 3.96. The highest BCUT2D eigenvalue weighted by Crippen LogP contribution is 2.44. The lowest BCUT2D eigenvalue weighted by atomic mass is 9.72. The van der Waals surface area contributed by atoms with Gasteiger partial charge in [0.05, 0.1) is 5.75 Å². The molecule has 1 N–H and O–H groups in total. The van der Waals surface area contributed by atoms with Crippen molar-refractivity contribution in [3.05, 3.63) is 35.5 Å². The first kappa shape index (κ1) is 16.2. The molecule has 5 heteroatoms. The molecule has 1 aromatic carbocycles. The number of rotatable bonds is 4. The van der Waals surface area contributed by atoms with Crippen LogP contribution in [0.1, 0.15) is 36.8 Å². The fraction of sp³-hybridized carbons (Fsp3) is 0.579. The highest BCUT2D eigenvalue weighted by Gasteiger charge is 2.41. The Labute approximate surface area is 144 Å². The maximum atomic E-state index is 11.8. The van der Waals surface area contributed by atoms with Crippen LogP contribution in [0.2, 0.25) is 0 Å². The number of likely N-dealkylation sites (tertiary alicyclic amines) is 1. The van der Waals surface area contributed by atoms with E-state index in [-0.39, 0.29) is 5.92 Å². The zero-order chi connectivity index (χ0) is 16.9. The molecule has 1 aromatic heterocycles. The molecular weight excluding hydrogens is 320 g/mol. The number of nitrogens with zero attached hydrogens (tertiary/aromatic N) is 1. The van der Waals surface area contributed by atoms with Crippen LogP contribution in [0.5, 0.6) is 0 Å². The molecule has 1 aliphatic carbocycles. The molecule has 0 amide bonds. The van der Waals surface area contributed by atoms with Crippen molar-refractivity contribution < 1.29 is 8.42 Å². The van der Waals surface area contributed by atoms with Gasteiger partial charge in [0.2, 0.25) is 0 Å². The van der Waals surface area contributed by atoms with Crippen LogP contribution in [0.3, 0.4) is 0 Å². The zero-order valence-corrected chi connectivity index (χ0v) is 15.3. The van der Waals surface area contributed by atoms with Gasteiger partial charge in [-0.25, -0.2) is 8.42 Å². The molecule has 130 valence electrons. The lowest BCUT2D eigenvalue weighted by Crippen LogP contribution is -2.51. The van der Waals surface area contributed by atoms with E-state index in [1.54, 1.807) is 0 Å². The molecule has 2 aliphatic rings. The third-order valence-corrected chi connectivity index (χ3v) is 6.79. The van der Waals surface area contributed by atoms with Crippen LogP contribution < -0.4 is 0 Å². The summed E-state index contributed by atoms with van der Waals surface area (Å²) in [5.74, 6) is 1.000. The van der Waals surface area contributed by atoms with Crippen LogP contribution >= 0.6 is 0 Å². The van der Waals surface area contributed by atoms with E-state index in [0.29, 0.717) is 17.7 Å². The van der Waals surface area contributed by atoms with Crippen LogP contribution in [0, 0.1) is 5.92 Å². The van der Waals surface area contributed by atoms with Crippen LogP contribution in [0.15, 0.2) is 24.4 Å². The molecule has 0 bridgehead atoms. The fourth-order valence-corrected chi connectivity index (χ4v) is 6.09. The summed E-state index contributed by atoms with van der Waals surface area (Å²) < 4.78 is 23.7. The van der Waals surface area contributed by atoms with Crippen molar-refractivity contribution in [1.82, 2.24) is 9.88 Å². The Bertz CT molecular complexity index is 855. The van der Waals surface area contributed by atoms with Gasteiger partial charge in [0.1, 0.15) is 9.84 Å². The van der Waals surface area contributed by atoms with Crippen LogP contribution in [-0.2, 0) is 16.3 Å². The van der Waals surface area contributed by atoms with Gasteiger partial charge in [0, 0.05) is 41.9 Å². The standard InChI is InChI=1S/C19H26N2O2S/c1-3-7-21-11-13(12-24(2,22)23)8-16-15-5-4-6-17-19(15)14(10-20-17)9-18(16)21/h4-6,10,13,16,18,20H,3,7-9,11-12H2,1-2H3/t13?,16-,18-/m0/s1. The quantitative estimate of drug-likeness (QED) is 0.926. The Hall–Kier alpha value is -1.33. The molecule has 1 fully saturated rings. The molecule has 24 heavy (non-hydrogen) atoms. The number of aromatic nitrogens is 1.